The minimum Gasteiger partial charge on any atom is -0.366 e. The molecule has 5 nitrogen and oxygen atoms in total. The number of morpholine rings is 1. The third kappa shape index (κ3) is 1.98. The summed E-state index contributed by atoms with van der Waals surface area (Å²) in [5.74, 6) is 1.90. The Morgan fingerprint density at radius 1 is 1.48 bits per heavy atom. The first-order valence-electron chi connectivity index (χ1n) is 7.61. The highest BCUT2D eigenvalue weighted by Crippen LogP contribution is 2.65. The average Bonchev–Trinajstić information content (AvgIpc) is 2.80. The van der Waals surface area contributed by atoms with Gasteiger partial charge in [0.05, 0.1) is 12.1 Å². The van der Waals surface area contributed by atoms with Crippen LogP contribution in [0.3, 0.4) is 0 Å². The van der Waals surface area contributed by atoms with E-state index >= 15 is 0 Å². The fourth-order valence-corrected chi connectivity index (χ4v) is 4.88. The number of carbonyl (C=O) groups excluding carboxylic acids is 1. The van der Waals surface area contributed by atoms with Crippen molar-refractivity contribution in [3.63, 3.8) is 0 Å². The monoisotopic (exact) mass is 401 g/mol. The highest BCUT2D eigenvalue weighted by molar-refractivity contribution is 14.1. The summed E-state index contributed by atoms with van der Waals surface area (Å²) in [6.07, 6.45) is 1.29. The van der Waals surface area contributed by atoms with E-state index < -0.39 is 0 Å². The summed E-state index contributed by atoms with van der Waals surface area (Å²) in [5.41, 5.74) is 1.35. The van der Waals surface area contributed by atoms with Gasteiger partial charge in [0.2, 0.25) is 5.91 Å². The van der Waals surface area contributed by atoms with E-state index in [0.29, 0.717) is 23.8 Å². The second kappa shape index (κ2) is 4.68. The van der Waals surface area contributed by atoms with Gasteiger partial charge in [-0.15, -0.1) is 0 Å². The van der Waals surface area contributed by atoms with Crippen LogP contribution in [0.25, 0.3) is 0 Å². The lowest BCUT2D eigenvalue weighted by atomic mass is 10.00. The average molecular weight is 401 g/mol. The topological polar surface area (TPSA) is 47.4 Å². The van der Waals surface area contributed by atoms with Gasteiger partial charge in [-0.2, -0.15) is 5.10 Å². The maximum Gasteiger partial charge on any atom is 0.248 e. The van der Waals surface area contributed by atoms with E-state index in [2.05, 4.69) is 52.3 Å². The minimum absolute atomic E-state index is 0.121. The van der Waals surface area contributed by atoms with Crippen LogP contribution in [0, 0.1) is 15.5 Å². The third-order valence-corrected chi connectivity index (χ3v) is 5.88. The molecule has 2 heterocycles. The molecule has 5 atom stereocenters. The molecule has 2 aliphatic carbocycles. The van der Waals surface area contributed by atoms with Gasteiger partial charge < -0.3 is 9.64 Å². The molecule has 3 aliphatic rings. The number of carbonyl (C=O) groups is 1. The fourth-order valence-electron chi connectivity index (χ4n) is 4.33. The molecule has 21 heavy (non-hydrogen) atoms. The van der Waals surface area contributed by atoms with E-state index in [1.54, 1.807) is 0 Å². The van der Waals surface area contributed by atoms with Crippen molar-refractivity contribution >= 4 is 28.5 Å². The molecule has 0 aromatic carbocycles. The molecule has 1 aliphatic heterocycles. The van der Waals surface area contributed by atoms with Crippen LogP contribution in [-0.4, -0.2) is 46.4 Å². The molecule has 0 N–H and O–H groups in total. The van der Waals surface area contributed by atoms with E-state index in [9.17, 15) is 4.79 Å². The van der Waals surface area contributed by atoms with Crippen LogP contribution in [0.4, 0.5) is 0 Å². The predicted molar refractivity (Wildman–Crippen MR) is 86.0 cm³/mol. The maximum atomic E-state index is 11.7. The minimum atomic E-state index is 0.121. The number of aromatic nitrogens is 2. The van der Waals surface area contributed by atoms with Gasteiger partial charge in [0.25, 0.3) is 0 Å². The molecule has 3 fully saturated rings. The van der Waals surface area contributed by atoms with Gasteiger partial charge in [-0.1, -0.05) is 0 Å². The smallest absolute Gasteiger partial charge is 0.248 e. The Morgan fingerprint density at radius 2 is 2.24 bits per heavy atom. The van der Waals surface area contributed by atoms with E-state index in [0.717, 1.165) is 10.1 Å². The van der Waals surface area contributed by atoms with Crippen LogP contribution in [0.1, 0.15) is 37.9 Å². The molecule has 1 amide bonds. The van der Waals surface area contributed by atoms with E-state index in [1.165, 1.54) is 5.69 Å². The highest BCUT2D eigenvalue weighted by Gasteiger charge is 2.65. The Balaban J connectivity index is 1.59. The van der Waals surface area contributed by atoms with Crippen molar-refractivity contribution in [2.75, 3.05) is 13.7 Å². The third-order valence-electron chi connectivity index (χ3n) is 5.36. The number of hydrogen-bond donors (Lipinski definition) is 0. The first-order valence-corrected chi connectivity index (χ1v) is 8.69. The van der Waals surface area contributed by atoms with E-state index in [1.807, 2.05) is 11.9 Å². The lowest BCUT2D eigenvalue weighted by molar-refractivity contribution is -0.153. The molecule has 1 aromatic rings. The molecular formula is C15H20IN3O2. The summed E-state index contributed by atoms with van der Waals surface area (Å²) in [4.78, 5) is 13.6. The summed E-state index contributed by atoms with van der Waals surface area (Å²) < 4.78 is 9.10. The summed E-state index contributed by atoms with van der Waals surface area (Å²) in [6, 6.07) is 2.89. The molecule has 114 valence electrons. The zero-order valence-electron chi connectivity index (χ0n) is 12.5. The first kappa shape index (κ1) is 14.0. The SMILES string of the molecule is CC(C)n1nc(I)cc1C1C2CC3C(OCC(=O)N3C)C21. The normalized spacial score (nSPS) is 37.9. The van der Waals surface area contributed by atoms with Crippen molar-refractivity contribution in [2.45, 2.75) is 44.4 Å². The lowest BCUT2D eigenvalue weighted by Gasteiger charge is -2.37. The van der Waals surface area contributed by atoms with Gasteiger partial charge in [0, 0.05) is 24.7 Å². The van der Waals surface area contributed by atoms with Gasteiger partial charge in [-0.3, -0.25) is 9.48 Å². The molecule has 0 spiro atoms. The van der Waals surface area contributed by atoms with E-state index in [4.69, 9.17) is 4.74 Å². The summed E-state index contributed by atoms with van der Waals surface area (Å²) in [5, 5.41) is 4.63. The Kier molecular flexibility index (Phi) is 3.12. The summed E-state index contributed by atoms with van der Waals surface area (Å²) in [6.45, 7) is 4.60. The number of likely N-dealkylation sites (N-methyl/N-ethyl adjacent to an activating group) is 1. The second-order valence-electron chi connectivity index (χ2n) is 6.78. The molecule has 1 aromatic heterocycles. The number of nitrogens with zero attached hydrogens (tertiary/aromatic N) is 3. The largest absolute Gasteiger partial charge is 0.366 e. The van der Waals surface area contributed by atoms with Crippen molar-refractivity contribution in [1.29, 1.82) is 0 Å². The van der Waals surface area contributed by atoms with Gasteiger partial charge in [0.1, 0.15) is 10.3 Å². The Morgan fingerprint density at radius 3 is 2.95 bits per heavy atom. The molecule has 2 saturated carbocycles. The van der Waals surface area contributed by atoms with E-state index in [-0.39, 0.29) is 24.7 Å². The summed E-state index contributed by atoms with van der Waals surface area (Å²) >= 11 is 2.29. The Bertz CT molecular complexity index is 600. The zero-order valence-corrected chi connectivity index (χ0v) is 14.6. The van der Waals surface area contributed by atoms with Crippen molar-refractivity contribution < 1.29 is 9.53 Å². The lowest BCUT2D eigenvalue weighted by Crippen LogP contribution is -2.51. The second-order valence-corrected chi connectivity index (χ2v) is 7.89. The Hall–Kier alpha value is -0.630. The molecular weight excluding hydrogens is 381 g/mol. The molecule has 0 radical (unpaired) electrons. The quantitative estimate of drug-likeness (QED) is 0.713. The molecule has 1 saturated heterocycles. The fraction of sp³-hybridized carbons (Fsp3) is 0.733. The van der Waals surface area contributed by atoms with Crippen LogP contribution >= 0.6 is 22.6 Å². The van der Waals surface area contributed by atoms with Crippen molar-refractivity contribution in [3.05, 3.63) is 15.5 Å². The number of rotatable bonds is 2. The first-order chi connectivity index (χ1) is 9.99. The zero-order chi connectivity index (χ0) is 14.9. The standard InChI is InChI=1S/C15H20IN3O2/c1-7(2)19-9(5-11(16)17-19)13-8-4-10-15(14(8)13)21-6-12(20)18(10)3/h5,7-8,10,13-15H,4,6H2,1-3H3. The summed E-state index contributed by atoms with van der Waals surface area (Å²) in [7, 11) is 1.92. The molecule has 0 bridgehead atoms. The van der Waals surface area contributed by atoms with Gasteiger partial charge in [-0.05, 0) is 60.8 Å². The van der Waals surface area contributed by atoms with Crippen molar-refractivity contribution in [2.24, 2.45) is 11.8 Å². The number of fused-ring (bicyclic) bond motifs is 3. The van der Waals surface area contributed by atoms with Crippen LogP contribution in [-0.2, 0) is 9.53 Å². The molecule has 5 unspecified atom stereocenters. The Labute approximate surface area is 138 Å². The van der Waals surface area contributed by atoms with Gasteiger partial charge in [0.15, 0.2) is 0 Å². The maximum absolute atomic E-state index is 11.7. The number of ether oxygens (including phenoxy) is 1. The number of amides is 1. The van der Waals surface area contributed by atoms with Crippen LogP contribution in [0.2, 0.25) is 0 Å². The number of halogens is 1. The van der Waals surface area contributed by atoms with Crippen molar-refractivity contribution in [3.8, 4) is 0 Å². The number of hydrogen-bond acceptors (Lipinski definition) is 3. The van der Waals surface area contributed by atoms with Crippen molar-refractivity contribution in [1.82, 2.24) is 14.7 Å². The van der Waals surface area contributed by atoms with Crippen LogP contribution in [0.5, 0.6) is 0 Å². The molecule has 6 heteroatoms. The highest BCUT2D eigenvalue weighted by atomic mass is 127. The van der Waals surface area contributed by atoms with Crippen LogP contribution in [0.15, 0.2) is 6.07 Å². The molecule has 4 rings (SSSR count). The predicted octanol–water partition coefficient (Wildman–Crippen LogP) is 2.03. The van der Waals surface area contributed by atoms with Gasteiger partial charge in [-0.25, -0.2) is 0 Å². The van der Waals surface area contributed by atoms with Crippen LogP contribution < -0.4 is 0 Å². The van der Waals surface area contributed by atoms with Gasteiger partial charge >= 0.3 is 0 Å².